The Balaban J connectivity index is 2.39. The molecule has 1 amide bonds. The van der Waals surface area contributed by atoms with Gasteiger partial charge in [-0.2, -0.15) is 0 Å². The lowest BCUT2D eigenvalue weighted by Crippen LogP contribution is -2.23. The number of carbonyl (C=O) groups is 1. The summed E-state index contributed by atoms with van der Waals surface area (Å²) in [6, 6.07) is 0. The average molecular weight is 130 g/mol. The second-order valence-electron chi connectivity index (χ2n) is 1.36. The maximum absolute atomic E-state index is 10.5. The molecule has 0 radical (unpaired) electrons. The second-order valence-corrected chi connectivity index (χ2v) is 2.19. The molecule has 0 spiro atoms. The molecule has 0 unspecified atom stereocenters. The Morgan fingerprint density at radius 3 is 3.62 bits per heavy atom. The van der Waals surface area contributed by atoms with Gasteiger partial charge in [0.25, 0.3) is 0 Å². The SMILES string of the molecule is O=C1CSC=NCN1. The van der Waals surface area contributed by atoms with Gasteiger partial charge in [0.1, 0.15) is 6.67 Å². The van der Waals surface area contributed by atoms with Crippen LogP contribution in [0.15, 0.2) is 4.99 Å². The van der Waals surface area contributed by atoms with Crippen molar-refractivity contribution >= 4 is 23.2 Å². The van der Waals surface area contributed by atoms with Gasteiger partial charge in [-0.25, -0.2) is 0 Å². The standard InChI is InChI=1S/C4H6N2OS/c7-4-1-8-3-5-2-6-4/h3H,1-2H2,(H,6,7). The normalized spacial score (nSPS) is 19.8. The van der Waals surface area contributed by atoms with Gasteiger partial charge >= 0.3 is 0 Å². The average Bonchev–Trinajstić information content (AvgIpc) is 1.94. The first-order valence-corrected chi connectivity index (χ1v) is 3.31. The van der Waals surface area contributed by atoms with Crippen molar-refractivity contribution in [3.8, 4) is 0 Å². The van der Waals surface area contributed by atoms with Crippen molar-refractivity contribution in [2.45, 2.75) is 0 Å². The molecule has 0 bridgehead atoms. The van der Waals surface area contributed by atoms with Gasteiger partial charge in [-0.1, -0.05) is 0 Å². The molecule has 0 saturated carbocycles. The minimum absolute atomic E-state index is 0.0625. The van der Waals surface area contributed by atoms with E-state index < -0.39 is 0 Å². The molecule has 1 heterocycles. The Morgan fingerprint density at radius 1 is 1.88 bits per heavy atom. The van der Waals surface area contributed by atoms with Crippen LogP contribution in [-0.2, 0) is 4.79 Å². The van der Waals surface area contributed by atoms with Gasteiger partial charge in [0.2, 0.25) is 5.91 Å². The number of hydrogen-bond acceptors (Lipinski definition) is 3. The smallest absolute Gasteiger partial charge is 0.231 e. The van der Waals surface area contributed by atoms with Crippen molar-refractivity contribution < 1.29 is 4.79 Å². The first-order chi connectivity index (χ1) is 3.89. The molecule has 8 heavy (non-hydrogen) atoms. The van der Waals surface area contributed by atoms with Crippen LogP contribution in [0.3, 0.4) is 0 Å². The van der Waals surface area contributed by atoms with Crippen LogP contribution in [0.2, 0.25) is 0 Å². The van der Waals surface area contributed by atoms with E-state index >= 15 is 0 Å². The Morgan fingerprint density at radius 2 is 2.75 bits per heavy atom. The topological polar surface area (TPSA) is 41.5 Å². The van der Waals surface area contributed by atoms with E-state index in [1.807, 2.05) is 0 Å². The highest BCUT2D eigenvalue weighted by Crippen LogP contribution is 1.95. The fourth-order valence-corrected chi connectivity index (χ4v) is 0.896. The van der Waals surface area contributed by atoms with Crippen LogP contribution in [0.25, 0.3) is 0 Å². The van der Waals surface area contributed by atoms with Crippen LogP contribution < -0.4 is 5.32 Å². The van der Waals surface area contributed by atoms with E-state index in [0.29, 0.717) is 12.4 Å². The van der Waals surface area contributed by atoms with Crippen molar-refractivity contribution in [3.63, 3.8) is 0 Å². The van der Waals surface area contributed by atoms with Crippen molar-refractivity contribution in [1.29, 1.82) is 0 Å². The Kier molecular flexibility index (Phi) is 1.91. The van der Waals surface area contributed by atoms with Gasteiger partial charge in [-0.3, -0.25) is 9.79 Å². The molecule has 4 heteroatoms. The van der Waals surface area contributed by atoms with E-state index in [2.05, 4.69) is 10.3 Å². The zero-order valence-electron chi connectivity index (χ0n) is 4.26. The predicted molar refractivity (Wildman–Crippen MR) is 34.0 cm³/mol. The molecule has 1 N–H and O–H groups in total. The summed E-state index contributed by atoms with van der Waals surface area (Å²) in [5.41, 5.74) is 1.69. The first-order valence-electron chi connectivity index (χ1n) is 2.26. The monoisotopic (exact) mass is 130 g/mol. The zero-order valence-corrected chi connectivity index (χ0v) is 5.07. The van der Waals surface area contributed by atoms with Crippen molar-refractivity contribution in [1.82, 2.24) is 5.32 Å². The van der Waals surface area contributed by atoms with Gasteiger partial charge < -0.3 is 5.32 Å². The highest BCUT2D eigenvalue weighted by molar-refractivity contribution is 8.12. The van der Waals surface area contributed by atoms with Gasteiger partial charge in [0.15, 0.2) is 0 Å². The van der Waals surface area contributed by atoms with Crippen LogP contribution in [-0.4, -0.2) is 23.9 Å². The van der Waals surface area contributed by atoms with Gasteiger partial charge in [-0.05, 0) is 0 Å². The minimum Gasteiger partial charge on any atom is -0.336 e. The van der Waals surface area contributed by atoms with E-state index in [1.54, 1.807) is 5.55 Å². The van der Waals surface area contributed by atoms with Crippen LogP contribution in [0.5, 0.6) is 0 Å². The van der Waals surface area contributed by atoms with E-state index in [4.69, 9.17) is 0 Å². The summed E-state index contributed by atoms with van der Waals surface area (Å²) < 4.78 is 0. The lowest BCUT2D eigenvalue weighted by molar-refractivity contribution is -0.118. The molecule has 1 aliphatic heterocycles. The molecular weight excluding hydrogens is 124 g/mol. The van der Waals surface area contributed by atoms with Crippen molar-refractivity contribution in [2.24, 2.45) is 4.99 Å². The maximum Gasteiger partial charge on any atom is 0.231 e. The predicted octanol–water partition coefficient (Wildman–Crippen LogP) is -0.165. The molecule has 0 aliphatic carbocycles. The summed E-state index contributed by atoms with van der Waals surface area (Å²) in [7, 11) is 0. The molecule has 0 fully saturated rings. The summed E-state index contributed by atoms with van der Waals surface area (Å²) in [6.07, 6.45) is 0. The number of thioether (sulfide) groups is 1. The molecule has 0 aromatic heterocycles. The number of nitrogens with zero attached hydrogens (tertiary/aromatic N) is 1. The number of carbonyl (C=O) groups excluding carboxylic acids is 1. The summed E-state index contributed by atoms with van der Waals surface area (Å²) in [6.45, 7) is 0.436. The molecule has 0 aromatic rings. The summed E-state index contributed by atoms with van der Waals surface area (Å²) in [5.74, 6) is 0.566. The van der Waals surface area contributed by atoms with Crippen LogP contribution in [0, 0.1) is 0 Å². The molecule has 0 atom stereocenters. The molecular formula is C4H6N2OS. The third kappa shape index (κ3) is 1.54. The molecule has 0 aromatic carbocycles. The number of amides is 1. The van der Waals surface area contributed by atoms with E-state index in [-0.39, 0.29) is 5.91 Å². The number of nitrogens with one attached hydrogen (secondary N) is 1. The van der Waals surface area contributed by atoms with Gasteiger partial charge in [0, 0.05) is 0 Å². The highest BCUT2D eigenvalue weighted by Gasteiger charge is 1.99. The number of aliphatic imine (C=N–C) groups is 1. The third-order valence-electron chi connectivity index (χ3n) is 0.731. The van der Waals surface area contributed by atoms with Crippen LogP contribution >= 0.6 is 11.8 Å². The quantitative estimate of drug-likeness (QED) is 0.495. The lowest BCUT2D eigenvalue weighted by atomic mass is 10.7. The number of rotatable bonds is 0. The Bertz CT molecular complexity index is 111. The molecule has 3 nitrogen and oxygen atoms in total. The summed E-state index contributed by atoms with van der Waals surface area (Å²) in [5, 5.41) is 2.59. The minimum atomic E-state index is 0.0625. The second kappa shape index (κ2) is 2.71. The fraction of sp³-hybridized carbons (Fsp3) is 0.500. The van der Waals surface area contributed by atoms with Gasteiger partial charge in [-0.15, -0.1) is 11.8 Å². The van der Waals surface area contributed by atoms with Crippen molar-refractivity contribution in [2.75, 3.05) is 12.4 Å². The Hall–Kier alpha value is -0.510. The summed E-state index contributed by atoms with van der Waals surface area (Å²) in [4.78, 5) is 14.3. The van der Waals surface area contributed by atoms with Crippen LogP contribution in [0.4, 0.5) is 0 Å². The summed E-state index contributed by atoms with van der Waals surface area (Å²) >= 11 is 1.42. The number of hydrogen-bond donors (Lipinski definition) is 1. The van der Waals surface area contributed by atoms with E-state index in [1.165, 1.54) is 11.8 Å². The highest BCUT2D eigenvalue weighted by atomic mass is 32.2. The van der Waals surface area contributed by atoms with Crippen molar-refractivity contribution in [3.05, 3.63) is 0 Å². The zero-order chi connectivity index (χ0) is 5.82. The van der Waals surface area contributed by atoms with Crippen LogP contribution in [0.1, 0.15) is 0 Å². The molecule has 1 rings (SSSR count). The van der Waals surface area contributed by atoms with E-state index in [0.717, 1.165) is 0 Å². The third-order valence-corrected chi connectivity index (χ3v) is 1.46. The maximum atomic E-state index is 10.5. The molecule has 1 aliphatic rings. The molecule has 0 saturated heterocycles. The molecule has 44 valence electrons. The van der Waals surface area contributed by atoms with E-state index in [9.17, 15) is 4.79 Å². The fourth-order valence-electron chi connectivity index (χ4n) is 0.388. The Labute approximate surface area is 51.6 Å². The lowest BCUT2D eigenvalue weighted by Gasteiger charge is -1.91. The largest absolute Gasteiger partial charge is 0.336 e. The first kappa shape index (κ1) is 5.62. The van der Waals surface area contributed by atoms with Gasteiger partial charge in [0.05, 0.1) is 11.3 Å².